The Kier molecular flexibility index (Phi) is 10.7. The Morgan fingerprint density at radius 2 is 1.82 bits per heavy atom. The Balaban J connectivity index is 0.00000256. The van der Waals surface area contributed by atoms with Gasteiger partial charge in [-0.05, 0) is 18.8 Å². The Labute approximate surface area is 122 Å². The van der Waals surface area contributed by atoms with Gasteiger partial charge in [-0.3, -0.25) is 4.99 Å². The fourth-order valence-corrected chi connectivity index (χ4v) is 2.18. The van der Waals surface area contributed by atoms with Crippen molar-refractivity contribution in [3.8, 4) is 0 Å². The first-order valence-corrected chi connectivity index (χ1v) is 6.47. The average molecular weight is 351 g/mol. The second-order valence-electron chi connectivity index (χ2n) is 4.61. The van der Waals surface area contributed by atoms with Crippen LogP contribution in [0.2, 0.25) is 0 Å². The van der Waals surface area contributed by atoms with Crippen LogP contribution in [0.3, 0.4) is 0 Å². The van der Waals surface area contributed by atoms with Crippen LogP contribution in [-0.2, 0) is 0 Å². The summed E-state index contributed by atoms with van der Waals surface area (Å²) in [7, 11) is 0. The van der Waals surface area contributed by atoms with E-state index in [2.05, 4.69) is 16.9 Å². The molecule has 100 valence electrons. The van der Waals surface area contributed by atoms with Crippen molar-refractivity contribution in [2.75, 3.05) is 13.1 Å². The molecule has 1 aliphatic carbocycles. The molecule has 0 aromatic carbocycles. The molecule has 3 nitrogen and oxygen atoms in total. The highest BCUT2D eigenvalue weighted by molar-refractivity contribution is 14.0. The van der Waals surface area contributed by atoms with E-state index in [0.717, 1.165) is 12.5 Å². The van der Waals surface area contributed by atoms with E-state index in [1.54, 1.807) is 6.08 Å². The van der Waals surface area contributed by atoms with Gasteiger partial charge in [-0.25, -0.2) is 0 Å². The van der Waals surface area contributed by atoms with E-state index in [0.29, 0.717) is 12.5 Å². The standard InChI is InChI=1S/C13H25N3.HI/c1-2-10-15-13(14)16-11-12-8-6-4-3-5-7-9-12;/h2,12H,1,3-11H2,(H3,14,15,16);1H. The zero-order valence-corrected chi connectivity index (χ0v) is 13.0. The summed E-state index contributed by atoms with van der Waals surface area (Å²) < 4.78 is 0. The molecule has 0 amide bonds. The predicted octanol–water partition coefficient (Wildman–Crippen LogP) is 3.06. The largest absolute Gasteiger partial charge is 0.370 e. The molecule has 17 heavy (non-hydrogen) atoms. The maximum atomic E-state index is 5.74. The van der Waals surface area contributed by atoms with Crippen LogP contribution >= 0.6 is 24.0 Å². The number of halogens is 1. The van der Waals surface area contributed by atoms with Crippen LogP contribution in [0.5, 0.6) is 0 Å². The maximum absolute atomic E-state index is 5.74. The highest BCUT2D eigenvalue weighted by atomic mass is 127. The predicted molar refractivity (Wildman–Crippen MR) is 85.9 cm³/mol. The van der Waals surface area contributed by atoms with Crippen LogP contribution in [0.15, 0.2) is 17.6 Å². The van der Waals surface area contributed by atoms with Crippen molar-refractivity contribution in [3.05, 3.63) is 12.7 Å². The summed E-state index contributed by atoms with van der Waals surface area (Å²) in [5.74, 6) is 1.30. The van der Waals surface area contributed by atoms with E-state index in [1.165, 1.54) is 44.9 Å². The summed E-state index contributed by atoms with van der Waals surface area (Å²) in [5, 5.41) is 3.01. The lowest BCUT2D eigenvalue weighted by atomic mass is 9.91. The lowest BCUT2D eigenvalue weighted by molar-refractivity contribution is 0.386. The third kappa shape index (κ3) is 8.46. The first-order valence-electron chi connectivity index (χ1n) is 6.47. The summed E-state index contributed by atoms with van der Waals surface area (Å²) >= 11 is 0. The molecule has 4 heteroatoms. The summed E-state index contributed by atoms with van der Waals surface area (Å²) in [6.45, 7) is 5.21. The van der Waals surface area contributed by atoms with Crippen molar-refractivity contribution in [2.24, 2.45) is 16.6 Å². The van der Waals surface area contributed by atoms with Gasteiger partial charge in [0, 0.05) is 13.1 Å². The average Bonchev–Trinajstić information content (AvgIpc) is 2.25. The molecule has 0 spiro atoms. The summed E-state index contributed by atoms with van der Waals surface area (Å²) in [6, 6.07) is 0. The van der Waals surface area contributed by atoms with E-state index in [4.69, 9.17) is 5.73 Å². The van der Waals surface area contributed by atoms with Crippen LogP contribution in [-0.4, -0.2) is 19.0 Å². The SMILES string of the molecule is C=CCNC(N)=NCC1CCCCCCC1.I. The molecule has 0 heterocycles. The molecule has 0 bridgehead atoms. The van der Waals surface area contributed by atoms with E-state index in [9.17, 15) is 0 Å². The lowest BCUT2D eigenvalue weighted by Gasteiger charge is -2.17. The quantitative estimate of drug-likeness (QED) is 0.354. The number of guanidine groups is 1. The number of rotatable bonds is 4. The summed E-state index contributed by atoms with van der Waals surface area (Å²) in [4.78, 5) is 4.39. The Hall–Kier alpha value is -0.260. The zero-order chi connectivity index (χ0) is 11.6. The lowest BCUT2D eigenvalue weighted by Crippen LogP contribution is -2.32. The molecule has 0 atom stereocenters. The third-order valence-corrected chi connectivity index (χ3v) is 3.17. The fourth-order valence-electron chi connectivity index (χ4n) is 2.18. The molecular formula is C13H26IN3. The Morgan fingerprint density at radius 1 is 1.24 bits per heavy atom. The number of hydrogen-bond acceptors (Lipinski definition) is 1. The maximum Gasteiger partial charge on any atom is 0.188 e. The van der Waals surface area contributed by atoms with Crippen LogP contribution in [0.25, 0.3) is 0 Å². The molecule has 1 saturated carbocycles. The molecule has 0 aromatic heterocycles. The molecule has 0 aliphatic heterocycles. The highest BCUT2D eigenvalue weighted by Gasteiger charge is 2.10. The van der Waals surface area contributed by atoms with Gasteiger partial charge in [-0.2, -0.15) is 0 Å². The normalized spacial score (nSPS) is 18.7. The minimum absolute atomic E-state index is 0. The Bertz CT molecular complexity index is 221. The smallest absolute Gasteiger partial charge is 0.188 e. The van der Waals surface area contributed by atoms with Crippen LogP contribution in [0.1, 0.15) is 44.9 Å². The molecule has 1 rings (SSSR count). The molecule has 0 saturated heterocycles. The molecular weight excluding hydrogens is 325 g/mol. The number of nitrogens with two attached hydrogens (primary N) is 1. The van der Waals surface area contributed by atoms with Gasteiger partial charge in [0.25, 0.3) is 0 Å². The van der Waals surface area contributed by atoms with Gasteiger partial charge < -0.3 is 11.1 Å². The molecule has 1 aliphatic rings. The zero-order valence-electron chi connectivity index (χ0n) is 10.7. The molecule has 0 unspecified atom stereocenters. The topological polar surface area (TPSA) is 50.4 Å². The third-order valence-electron chi connectivity index (χ3n) is 3.17. The first kappa shape index (κ1) is 16.7. The number of nitrogens with zero attached hydrogens (tertiary/aromatic N) is 1. The summed E-state index contributed by atoms with van der Waals surface area (Å²) in [6.07, 6.45) is 11.4. The molecule has 0 aromatic rings. The van der Waals surface area contributed by atoms with Crippen LogP contribution in [0, 0.1) is 5.92 Å². The van der Waals surface area contributed by atoms with Crippen molar-refractivity contribution < 1.29 is 0 Å². The molecule has 3 N–H and O–H groups in total. The highest BCUT2D eigenvalue weighted by Crippen LogP contribution is 2.22. The minimum atomic E-state index is 0. The Morgan fingerprint density at radius 3 is 2.41 bits per heavy atom. The van der Waals surface area contributed by atoms with Gasteiger partial charge >= 0.3 is 0 Å². The number of aliphatic imine (C=N–C) groups is 1. The second-order valence-corrected chi connectivity index (χ2v) is 4.61. The van der Waals surface area contributed by atoms with Crippen LogP contribution in [0.4, 0.5) is 0 Å². The van der Waals surface area contributed by atoms with Crippen LogP contribution < -0.4 is 11.1 Å². The fraction of sp³-hybridized carbons (Fsp3) is 0.769. The monoisotopic (exact) mass is 351 g/mol. The summed E-state index contributed by atoms with van der Waals surface area (Å²) in [5.41, 5.74) is 5.74. The van der Waals surface area contributed by atoms with Gasteiger partial charge in [0.2, 0.25) is 0 Å². The number of hydrogen-bond donors (Lipinski definition) is 2. The van der Waals surface area contributed by atoms with E-state index in [-0.39, 0.29) is 24.0 Å². The van der Waals surface area contributed by atoms with E-state index < -0.39 is 0 Å². The van der Waals surface area contributed by atoms with Gasteiger partial charge in [-0.1, -0.05) is 38.2 Å². The van der Waals surface area contributed by atoms with Crippen molar-refractivity contribution in [3.63, 3.8) is 0 Å². The van der Waals surface area contributed by atoms with Crippen molar-refractivity contribution in [2.45, 2.75) is 44.9 Å². The van der Waals surface area contributed by atoms with Crippen molar-refractivity contribution in [1.82, 2.24) is 5.32 Å². The van der Waals surface area contributed by atoms with E-state index in [1.807, 2.05) is 0 Å². The van der Waals surface area contributed by atoms with Gasteiger partial charge in [0.05, 0.1) is 0 Å². The first-order chi connectivity index (χ1) is 7.83. The van der Waals surface area contributed by atoms with Gasteiger partial charge in [-0.15, -0.1) is 30.6 Å². The minimum Gasteiger partial charge on any atom is -0.370 e. The molecule has 0 radical (unpaired) electrons. The van der Waals surface area contributed by atoms with Gasteiger partial charge in [0.1, 0.15) is 0 Å². The molecule has 1 fully saturated rings. The second kappa shape index (κ2) is 10.9. The van der Waals surface area contributed by atoms with Crippen molar-refractivity contribution in [1.29, 1.82) is 0 Å². The van der Waals surface area contributed by atoms with E-state index >= 15 is 0 Å². The number of nitrogens with one attached hydrogen (secondary N) is 1. The van der Waals surface area contributed by atoms with Crippen molar-refractivity contribution >= 4 is 29.9 Å². The van der Waals surface area contributed by atoms with Gasteiger partial charge in [0.15, 0.2) is 5.96 Å².